The van der Waals surface area contributed by atoms with Crippen LogP contribution in [0.25, 0.3) is 11.3 Å². The second-order valence-electron chi connectivity index (χ2n) is 6.48. The molecule has 0 fully saturated rings. The van der Waals surface area contributed by atoms with Crippen LogP contribution in [0.15, 0.2) is 42.6 Å². The van der Waals surface area contributed by atoms with Crippen molar-refractivity contribution in [1.29, 1.82) is 0 Å². The fraction of sp³-hybridized carbons (Fsp3) is 0.211. The van der Waals surface area contributed by atoms with Crippen molar-refractivity contribution in [1.82, 2.24) is 15.2 Å². The summed E-state index contributed by atoms with van der Waals surface area (Å²) >= 11 is 0. The zero-order valence-corrected chi connectivity index (χ0v) is 17.6. The number of aromatic nitrogens is 3. The number of rotatable bonds is 10. The molecule has 0 saturated carbocycles. The summed E-state index contributed by atoms with van der Waals surface area (Å²) in [4.78, 5) is 16.0. The number of alkyl halides is 2. The molecule has 3 rings (SSSR count). The van der Waals surface area contributed by atoms with Gasteiger partial charge < -0.3 is 15.8 Å². The molecule has 0 atom stereocenters. The Labute approximate surface area is 182 Å². The van der Waals surface area contributed by atoms with Crippen molar-refractivity contribution in [3.05, 3.63) is 48.2 Å². The number of nitrogens with two attached hydrogens (primary N) is 1. The third-order valence-corrected chi connectivity index (χ3v) is 5.50. The van der Waals surface area contributed by atoms with Gasteiger partial charge in [0.1, 0.15) is 5.56 Å². The summed E-state index contributed by atoms with van der Waals surface area (Å²) < 4.78 is 55.4. The van der Waals surface area contributed by atoms with E-state index in [1.54, 1.807) is 12.1 Å². The van der Waals surface area contributed by atoms with E-state index in [-0.39, 0.29) is 23.0 Å². The number of benzene rings is 1. The molecule has 170 valence electrons. The predicted octanol–water partition coefficient (Wildman–Crippen LogP) is 2.72. The van der Waals surface area contributed by atoms with Crippen molar-refractivity contribution in [3.8, 4) is 17.1 Å². The molecule has 3 aromatic rings. The summed E-state index contributed by atoms with van der Waals surface area (Å²) in [6, 6.07) is 9.17. The van der Waals surface area contributed by atoms with Crippen LogP contribution in [0, 0.1) is 0 Å². The minimum Gasteiger partial charge on any atom is -0.472 e. The lowest BCUT2D eigenvalue weighted by Crippen LogP contribution is -2.14. The maximum absolute atomic E-state index is 12.3. The molecule has 0 aliphatic carbocycles. The van der Waals surface area contributed by atoms with Crippen LogP contribution in [-0.2, 0) is 10.0 Å². The van der Waals surface area contributed by atoms with E-state index in [4.69, 9.17) is 10.5 Å². The molecule has 32 heavy (non-hydrogen) atoms. The second kappa shape index (κ2) is 9.60. The molecular weight excluding hydrogens is 446 g/mol. The minimum atomic E-state index is -3.43. The fourth-order valence-electron chi connectivity index (χ4n) is 2.69. The fourth-order valence-corrected chi connectivity index (χ4v) is 3.33. The number of nitrogens with one attached hydrogen (secondary N) is 3. The van der Waals surface area contributed by atoms with Gasteiger partial charge in [-0.2, -0.15) is 5.10 Å². The number of amides is 1. The van der Waals surface area contributed by atoms with Crippen LogP contribution in [0.2, 0.25) is 0 Å². The third kappa shape index (κ3) is 5.69. The zero-order valence-electron chi connectivity index (χ0n) is 16.8. The quantitative estimate of drug-likeness (QED) is 0.358. The lowest BCUT2D eigenvalue weighted by atomic mass is 10.1. The lowest BCUT2D eigenvalue weighted by molar-refractivity contribution is 0.0796. The van der Waals surface area contributed by atoms with E-state index in [9.17, 15) is 22.0 Å². The van der Waals surface area contributed by atoms with Crippen LogP contribution in [0.4, 0.5) is 26.0 Å². The number of halogens is 2. The number of carbonyl (C=O) groups is 1. The molecule has 5 N–H and O–H groups in total. The molecule has 10 nitrogen and oxygen atoms in total. The molecule has 1 amide bonds. The summed E-state index contributed by atoms with van der Waals surface area (Å²) in [5.41, 5.74) is 7.19. The van der Waals surface area contributed by atoms with Crippen LogP contribution < -0.4 is 20.5 Å². The molecule has 13 heteroatoms. The number of sulfonamides is 1. The number of aromatic amines is 1. The minimum absolute atomic E-state index is 0.0307. The maximum atomic E-state index is 12.3. The molecule has 0 aliphatic rings. The Kier molecular flexibility index (Phi) is 6.88. The first-order valence-electron chi connectivity index (χ1n) is 9.31. The van der Waals surface area contributed by atoms with Crippen molar-refractivity contribution < 1.29 is 26.7 Å². The average Bonchev–Trinajstić information content (AvgIpc) is 3.16. The summed E-state index contributed by atoms with van der Waals surface area (Å²) in [5.74, 6) is -0.763. The number of anilines is 3. The van der Waals surface area contributed by atoms with Crippen LogP contribution in [-0.4, -0.2) is 48.3 Å². The molecule has 0 unspecified atom stereocenters. The van der Waals surface area contributed by atoms with Crippen molar-refractivity contribution in [2.45, 2.75) is 13.3 Å². The van der Waals surface area contributed by atoms with Crippen molar-refractivity contribution in [2.75, 3.05) is 22.4 Å². The lowest BCUT2D eigenvalue weighted by Gasteiger charge is -2.09. The molecule has 2 aromatic heterocycles. The smallest absolute Gasteiger partial charge is 0.272 e. The highest BCUT2D eigenvalue weighted by Crippen LogP contribution is 2.30. The van der Waals surface area contributed by atoms with Gasteiger partial charge in [0.2, 0.25) is 15.9 Å². The summed E-state index contributed by atoms with van der Waals surface area (Å²) in [5, 5.41) is 9.69. The topological polar surface area (TPSA) is 152 Å². The number of hydrogen-bond acceptors (Lipinski definition) is 7. The number of H-pyrrole nitrogens is 1. The monoisotopic (exact) mass is 466 g/mol. The Balaban J connectivity index is 1.85. The van der Waals surface area contributed by atoms with Gasteiger partial charge in [-0.1, -0.05) is 12.1 Å². The number of pyridine rings is 1. The van der Waals surface area contributed by atoms with Crippen LogP contribution >= 0.6 is 0 Å². The highest BCUT2D eigenvalue weighted by atomic mass is 32.2. The van der Waals surface area contributed by atoms with E-state index in [2.05, 4.69) is 25.2 Å². The molecule has 2 heterocycles. The van der Waals surface area contributed by atoms with Crippen LogP contribution in [0.1, 0.15) is 17.3 Å². The average molecular weight is 466 g/mol. The summed E-state index contributed by atoms with van der Waals surface area (Å²) in [6.45, 7) is 0.714. The van der Waals surface area contributed by atoms with Gasteiger partial charge in [0.05, 0.1) is 11.4 Å². The van der Waals surface area contributed by atoms with Gasteiger partial charge in [0.15, 0.2) is 12.4 Å². The van der Waals surface area contributed by atoms with Crippen LogP contribution in [0.3, 0.4) is 0 Å². The van der Waals surface area contributed by atoms with Gasteiger partial charge in [0.25, 0.3) is 12.3 Å². The Bertz CT molecular complexity index is 1200. The van der Waals surface area contributed by atoms with Gasteiger partial charge in [-0.25, -0.2) is 22.2 Å². The van der Waals surface area contributed by atoms with Gasteiger partial charge >= 0.3 is 0 Å². The van der Waals surface area contributed by atoms with E-state index in [0.29, 0.717) is 22.6 Å². The maximum Gasteiger partial charge on any atom is 0.272 e. The number of ether oxygens (including phenoxy) is 1. The molecule has 0 aliphatic heterocycles. The van der Waals surface area contributed by atoms with Gasteiger partial charge in [-0.05, 0) is 25.1 Å². The number of hydrogen-bond donors (Lipinski definition) is 4. The molecule has 0 saturated heterocycles. The van der Waals surface area contributed by atoms with E-state index < -0.39 is 29.0 Å². The number of nitrogens with zero attached hydrogens (tertiary/aromatic N) is 2. The van der Waals surface area contributed by atoms with E-state index >= 15 is 0 Å². The summed E-state index contributed by atoms with van der Waals surface area (Å²) in [6.07, 6.45) is -1.30. The first-order valence-corrected chi connectivity index (χ1v) is 11.0. The first-order chi connectivity index (χ1) is 15.2. The van der Waals surface area contributed by atoms with Gasteiger partial charge in [0, 0.05) is 29.2 Å². The molecule has 0 bridgehead atoms. The molecule has 0 radical (unpaired) electrons. The van der Waals surface area contributed by atoms with Crippen LogP contribution in [0.5, 0.6) is 5.88 Å². The van der Waals surface area contributed by atoms with Crippen molar-refractivity contribution in [2.24, 2.45) is 5.73 Å². The van der Waals surface area contributed by atoms with Crippen molar-refractivity contribution >= 4 is 33.1 Å². The standard InChI is InChI=1S/C19H20F2N6O4S/c1-2-32(29,30)27-12-5-3-11(4-6-12)17-16(18(22)28)19(26-25-17)24-13-7-8-23-15(9-13)31-10-14(20)21/h3-9,14,27H,2,10H2,1H3,(H2,22,28)(H2,23,24,25,26). The van der Waals surface area contributed by atoms with Gasteiger partial charge in [-0.15, -0.1) is 0 Å². The first kappa shape index (κ1) is 22.9. The third-order valence-electron chi connectivity index (χ3n) is 4.19. The molecule has 0 spiro atoms. The normalized spacial score (nSPS) is 11.4. The van der Waals surface area contributed by atoms with Gasteiger partial charge in [-0.3, -0.25) is 14.6 Å². The largest absolute Gasteiger partial charge is 0.472 e. The number of primary amides is 1. The Morgan fingerprint density at radius 1 is 1.22 bits per heavy atom. The zero-order chi connectivity index (χ0) is 23.3. The van der Waals surface area contributed by atoms with E-state index in [1.807, 2.05) is 0 Å². The second-order valence-corrected chi connectivity index (χ2v) is 8.49. The Morgan fingerprint density at radius 2 is 1.94 bits per heavy atom. The Hall–Kier alpha value is -3.74. The highest BCUT2D eigenvalue weighted by molar-refractivity contribution is 7.92. The SMILES string of the molecule is CCS(=O)(=O)Nc1ccc(-c2[nH]nc(Nc3ccnc(OCC(F)F)c3)c2C(N)=O)cc1. The van der Waals surface area contributed by atoms with E-state index in [0.717, 1.165) is 0 Å². The van der Waals surface area contributed by atoms with E-state index in [1.165, 1.54) is 37.4 Å². The van der Waals surface area contributed by atoms with Crippen molar-refractivity contribution in [3.63, 3.8) is 0 Å². The Morgan fingerprint density at radius 3 is 2.56 bits per heavy atom. The predicted molar refractivity (Wildman–Crippen MR) is 115 cm³/mol. The highest BCUT2D eigenvalue weighted by Gasteiger charge is 2.20. The number of carbonyl (C=O) groups excluding carboxylic acids is 1. The summed E-state index contributed by atoms with van der Waals surface area (Å²) in [7, 11) is -3.43. The molecular formula is C19H20F2N6O4S. The molecule has 1 aromatic carbocycles.